The summed E-state index contributed by atoms with van der Waals surface area (Å²) < 4.78 is 5.25. The Morgan fingerprint density at radius 2 is 2.05 bits per heavy atom. The molecule has 0 saturated carbocycles. The third-order valence-electron chi connectivity index (χ3n) is 3.15. The predicted molar refractivity (Wildman–Crippen MR) is 86.1 cm³/mol. The van der Waals surface area contributed by atoms with Gasteiger partial charge < -0.3 is 9.64 Å². The second-order valence-corrected chi connectivity index (χ2v) is 5.31. The van der Waals surface area contributed by atoms with E-state index >= 15 is 0 Å². The Labute approximate surface area is 130 Å². The molecule has 0 bridgehead atoms. The molecule has 0 amide bonds. The molecule has 2 rings (SSSR count). The van der Waals surface area contributed by atoms with Crippen molar-refractivity contribution in [2.75, 3.05) is 19.1 Å². The molecule has 0 radical (unpaired) electrons. The summed E-state index contributed by atoms with van der Waals surface area (Å²) in [5, 5.41) is 0.487. The van der Waals surface area contributed by atoms with E-state index in [1.54, 1.807) is 13.2 Å². The number of aryl methyl sites for hydroxylation is 1. The normalized spacial score (nSPS) is 10.5. The highest BCUT2D eigenvalue weighted by Crippen LogP contribution is 2.19. The number of rotatable bonds is 6. The van der Waals surface area contributed by atoms with Crippen LogP contribution in [0.25, 0.3) is 0 Å². The molecule has 0 spiro atoms. The van der Waals surface area contributed by atoms with Crippen LogP contribution in [0.2, 0.25) is 5.15 Å². The number of anilines is 1. The molecule has 0 saturated heterocycles. The van der Waals surface area contributed by atoms with Gasteiger partial charge in [-0.25, -0.2) is 9.97 Å². The van der Waals surface area contributed by atoms with Gasteiger partial charge in [0.25, 0.3) is 0 Å². The molecule has 21 heavy (non-hydrogen) atoms. The molecule has 0 N–H and O–H groups in total. The summed E-state index contributed by atoms with van der Waals surface area (Å²) in [5.74, 6) is 2.48. The molecule has 0 atom stereocenters. The molecule has 0 aliphatic heterocycles. The smallest absolute Gasteiger partial charge is 0.134 e. The lowest BCUT2D eigenvalue weighted by atomic mass is 10.2. The fourth-order valence-electron chi connectivity index (χ4n) is 2.11. The lowest BCUT2D eigenvalue weighted by Crippen LogP contribution is -2.18. The average Bonchev–Trinajstić information content (AvgIpc) is 2.47. The Morgan fingerprint density at radius 1 is 1.24 bits per heavy atom. The van der Waals surface area contributed by atoms with E-state index in [0.29, 0.717) is 5.15 Å². The number of hydrogen-bond acceptors (Lipinski definition) is 4. The van der Waals surface area contributed by atoms with E-state index in [1.807, 2.05) is 25.2 Å². The minimum absolute atomic E-state index is 0.487. The lowest BCUT2D eigenvalue weighted by molar-refractivity contribution is 0.414. The van der Waals surface area contributed by atoms with Crippen LogP contribution in [-0.4, -0.2) is 24.1 Å². The van der Waals surface area contributed by atoms with Crippen molar-refractivity contribution in [3.63, 3.8) is 0 Å². The van der Waals surface area contributed by atoms with Crippen LogP contribution >= 0.6 is 11.6 Å². The summed E-state index contributed by atoms with van der Waals surface area (Å²) in [5.41, 5.74) is 1.16. The predicted octanol–water partition coefficient (Wildman–Crippen LogP) is 3.73. The molecule has 2 aromatic rings. The van der Waals surface area contributed by atoms with Gasteiger partial charge in [0.1, 0.15) is 22.5 Å². The van der Waals surface area contributed by atoms with Crippen LogP contribution in [0, 0.1) is 0 Å². The van der Waals surface area contributed by atoms with Crippen molar-refractivity contribution in [1.29, 1.82) is 0 Å². The molecule has 1 heterocycles. The van der Waals surface area contributed by atoms with Gasteiger partial charge in [0.2, 0.25) is 0 Å². The average molecular weight is 306 g/mol. The van der Waals surface area contributed by atoms with Crippen molar-refractivity contribution in [3.05, 3.63) is 46.9 Å². The van der Waals surface area contributed by atoms with E-state index in [1.165, 1.54) is 0 Å². The maximum absolute atomic E-state index is 6.08. The highest BCUT2D eigenvalue weighted by molar-refractivity contribution is 6.29. The molecular formula is C16H20ClN3O. The van der Waals surface area contributed by atoms with Crippen LogP contribution in [0.3, 0.4) is 0 Å². The summed E-state index contributed by atoms with van der Waals surface area (Å²) in [6.45, 7) is 2.83. The number of ether oxygens (including phenoxy) is 1. The van der Waals surface area contributed by atoms with Crippen molar-refractivity contribution >= 4 is 17.4 Å². The standard InChI is InChI=1S/C16H20ClN3O/c1-4-6-15-18-14(17)10-16(19-15)20(2)11-12-7-5-8-13(9-12)21-3/h5,7-10H,4,6,11H2,1-3H3. The molecule has 0 fully saturated rings. The third-order valence-corrected chi connectivity index (χ3v) is 3.34. The van der Waals surface area contributed by atoms with Crippen LogP contribution < -0.4 is 9.64 Å². The lowest BCUT2D eigenvalue weighted by Gasteiger charge is -2.19. The number of hydrogen-bond donors (Lipinski definition) is 0. The zero-order chi connectivity index (χ0) is 15.2. The summed E-state index contributed by atoms with van der Waals surface area (Å²) >= 11 is 6.08. The molecule has 0 unspecified atom stereocenters. The van der Waals surface area contributed by atoms with Gasteiger partial charge in [0.15, 0.2) is 0 Å². The summed E-state index contributed by atoms with van der Waals surface area (Å²) in [7, 11) is 3.66. The van der Waals surface area contributed by atoms with Gasteiger partial charge in [-0.3, -0.25) is 0 Å². The van der Waals surface area contributed by atoms with Crippen molar-refractivity contribution in [1.82, 2.24) is 9.97 Å². The van der Waals surface area contributed by atoms with E-state index in [4.69, 9.17) is 16.3 Å². The Kier molecular flexibility index (Phi) is 5.39. The molecule has 5 heteroatoms. The minimum Gasteiger partial charge on any atom is -0.497 e. The summed E-state index contributed by atoms with van der Waals surface area (Å²) in [6.07, 6.45) is 1.83. The zero-order valence-corrected chi connectivity index (χ0v) is 13.4. The molecule has 1 aromatic heterocycles. The molecular weight excluding hydrogens is 286 g/mol. The van der Waals surface area contributed by atoms with Crippen LogP contribution in [0.4, 0.5) is 5.82 Å². The van der Waals surface area contributed by atoms with Crippen LogP contribution in [0.1, 0.15) is 24.7 Å². The minimum atomic E-state index is 0.487. The van der Waals surface area contributed by atoms with E-state index in [2.05, 4.69) is 27.9 Å². The maximum atomic E-state index is 6.08. The molecule has 0 aliphatic rings. The Balaban J connectivity index is 2.17. The number of halogens is 1. The summed E-state index contributed by atoms with van der Waals surface area (Å²) in [6, 6.07) is 9.80. The van der Waals surface area contributed by atoms with Gasteiger partial charge in [-0.15, -0.1) is 0 Å². The maximum Gasteiger partial charge on any atom is 0.134 e. The first-order valence-electron chi connectivity index (χ1n) is 7.00. The fourth-order valence-corrected chi connectivity index (χ4v) is 2.30. The van der Waals surface area contributed by atoms with Gasteiger partial charge in [0.05, 0.1) is 7.11 Å². The highest BCUT2D eigenvalue weighted by atomic mass is 35.5. The van der Waals surface area contributed by atoms with E-state index in [-0.39, 0.29) is 0 Å². The number of benzene rings is 1. The highest BCUT2D eigenvalue weighted by Gasteiger charge is 2.08. The second-order valence-electron chi connectivity index (χ2n) is 4.92. The van der Waals surface area contributed by atoms with Crippen molar-refractivity contribution in [3.8, 4) is 5.75 Å². The topological polar surface area (TPSA) is 38.2 Å². The fraction of sp³-hybridized carbons (Fsp3) is 0.375. The van der Waals surface area contributed by atoms with Crippen LogP contribution in [0.15, 0.2) is 30.3 Å². The Bertz CT molecular complexity index is 604. The van der Waals surface area contributed by atoms with E-state index in [9.17, 15) is 0 Å². The van der Waals surface area contributed by atoms with Gasteiger partial charge in [-0.1, -0.05) is 30.7 Å². The monoisotopic (exact) mass is 305 g/mol. The summed E-state index contributed by atoms with van der Waals surface area (Å²) in [4.78, 5) is 10.9. The van der Waals surface area contributed by atoms with Crippen molar-refractivity contribution < 1.29 is 4.74 Å². The first-order chi connectivity index (χ1) is 10.1. The molecule has 0 aliphatic carbocycles. The zero-order valence-electron chi connectivity index (χ0n) is 12.6. The van der Waals surface area contributed by atoms with E-state index in [0.717, 1.165) is 42.3 Å². The SMILES string of the molecule is CCCc1nc(Cl)cc(N(C)Cc2cccc(OC)c2)n1. The first kappa shape index (κ1) is 15.6. The quantitative estimate of drug-likeness (QED) is 0.762. The van der Waals surface area contributed by atoms with E-state index < -0.39 is 0 Å². The number of aromatic nitrogens is 2. The first-order valence-corrected chi connectivity index (χ1v) is 7.37. The molecule has 1 aromatic carbocycles. The number of nitrogens with zero attached hydrogens (tertiary/aromatic N) is 3. The van der Waals surface area contributed by atoms with Gasteiger partial charge in [-0.2, -0.15) is 0 Å². The Hall–Kier alpha value is -1.81. The largest absolute Gasteiger partial charge is 0.497 e. The van der Waals surface area contributed by atoms with Gasteiger partial charge >= 0.3 is 0 Å². The van der Waals surface area contributed by atoms with Gasteiger partial charge in [-0.05, 0) is 24.1 Å². The van der Waals surface area contributed by atoms with Crippen LogP contribution in [-0.2, 0) is 13.0 Å². The van der Waals surface area contributed by atoms with Crippen molar-refractivity contribution in [2.45, 2.75) is 26.3 Å². The van der Waals surface area contributed by atoms with Crippen LogP contribution in [0.5, 0.6) is 5.75 Å². The molecule has 112 valence electrons. The van der Waals surface area contributed by atoms with Crippen molar-refractivity contribution in [2.24, 2.45) is 0 Å². The van der Waals surface area contributed by atoms with Gasteiger partial charge in [0, 0.05) is 26.1 Å². The molecule has 4 nitrogen and oxygen atoms in total. The number of methoxy groups -OCH3 is 1. The second kappa shape index (κ2) is 7.27. The third kappa shape index (κ3) is 4.33. The Morgan fingerprint density at radius 3 is 2.76 bits per heavy atom.